The lowest BCUT2D eigenvalue weighted by Gasteiger charge is -2.38. The third-order valence-corrected chi connectivity index (χ3v) is 5.69. The molecule has 0 spiro atoms. The summed E-state index contributed by atoms with van der Waals surface area (Å²) >= 11 is 0. The molecular weight excluding hydrogens is 332 g/mol. The van der Waals surface area contributed by atoms with Gasteiger partial charge in [0.2, 0.25) is 5.91 Å². The maximum atomic E-state index is 12.5. The fourth-order valence-electron chi connectivity index (χ4n) is 3.97. The highest BCUT2D eigenvalue weighted by Gasteiger charge is 2.28. The average molecular weight is 360 g/mol. The molecule has 1 heterocycles. The van der Waals surface area contributed by atoms with Gasteiger partial charge >= 0.3 is 0 Å². The first-order chi connectivity index (χ1) is 12.5. The van der Waals surface area contributed by atoms with E-state index in [1.165, 1.54) is 12.8 Å². The highest BCUT2D eigenvalue weighted by molar-refractivity contribution is 5.81. The fourth-order valence-corrected chi connectivity index (χ4v) is 3.97. The Morgan fingerprint density at radius 3 is 2.46 bits per heavy atom. The lowest BCUT2D eigenvalue weighted by atomic mass is 10.1. The quantitative estimate of drug-likeness (QED) is 0.645. The van der Waals surface area contributed by atoms with E-state index < -0.39 is 0 Å². The standard InChI is InChI=1S/C19H28N4O3/c1-14-13-17(7-8-18(14)23(25)26)22-11-9-21(10-12-22)15(2)19(24)20-16-5-3-4-6-16/h7-8,13,15-16H,3-6,9-12H2,1-2H3,(H,20,24). The number of benzene rings is 1. The number of nitrogens with zero attached hydrogens (tertiary/aromatic N) is 3. The number of carbonyl (C=O) groups is 1. The van der Waals surface area contributed by atoms with Crippen LogP contribution < -0.4 is 10.2 Å². The Hall–Kier alpha value is -2.15. The third kappa shape index (κ3) is 4.15. The lowest BCUT2D eigenvalue weighted by Crippen LogP contribution is -2.54. The summed E-state index contributed by atoms with van der Waals surface area (Å²) < 4.78 is 0. The van der Waals surface area contributed by atoms with Crippen molar-refractivity contribution in [3.8, 4) is 0 Å². The van der Waals surface area contributed by atoms with Gasteiger partial charge in [-0.05, 0) is 38.8 Å². The van der Waals surface area contributed by atoms with Crippen LogP contribution >= 0.6 is 0 Å². The van der Waals surface area contributed by atoms with Crippen LogP contribution in [-0.2, 0) is 4.79 Å². The number of amides is 1. The molecule has 1 N–H and O–H groups in total. The van der Waals surface area contributed by atoms with Crippen molar-refractivity contribution < 1.29 is 9.72 Å². The van der Waals surface area contributed by atoms with Crippen molar-refractivity contribution in [1.29, 1.82) is 0 Å². The number of hydrogen-bond acceptors (Lipinski definition) is 5. The molecule has 26 heavy (non-hydrogen) atoms. The normalized spacial score (nSPS) is 20.2. The van der Waals surface area contributed by atoms with E-state index in [1.807, 2.05) is 19.1 Å². The second-order valence-electron chi connectivity index (χ2n) is 7.42. The van der Waals surface area contributed by atoms with E-state index in [4.69, 9.17) is 0 Å². The first kappa shape index (κ1) is 18.6. The van der Waals surface area contributed by atoms with Crippen molar-refractivity contribution in [2.24, 2.45) is 0 Å². The zero-order chi connectivity index (χ0) is 18.7. The van der Waals surface area contributed by atoms with E-state index in [0.29, 0.717) is 11.6 Å². The van der Waals surface area contributed by atoms with Crippen LogP contribution in [0.4, 0.5) is 11.4 Å². The van der Waals surface area contributed by atoms with E-state index in [2.05, 4.69) is 15.1 Å². The molecule has 1 saturated carbocycles. The number of nitrogens with one attached hydrogen (secondary N) is 1. The first-order valence-electron chi connectivity index (χ1n) is 9.50. The molecule has 1 aliphatic carbocycles. The Morgan fingerprint density at radius 1 is 1.23 bits per heavy atom. The summed E-state index contributed by atoms with van der Waals surface area (Å²) in [5.41, 5.74) is 1.85. The maximum Gasteiger partial charge on any atom is 0.272 e. The van der Waals surface area contributed by atoms with Crippen molar-refractivity contribution in [1.82, 2.24) is 10.2 Å². The molecule has 1 amide bonds. The van der Waals surface area contributed by atoms with Crippen LogP contribution in [0.15, 0.2) is 18.2 Å². The van der Waals surface area contributed by atoms with Gasteiger partial charge in [0.15, 0.2) is 0 Å². The minimum absolute atomic E-state index is 0.114. The van der Waals surface area contributed by atoms with Crippen molar-refractivity contribution in [3.05, 3.63) is 33.9 Å². The largest absolute Gasteiger partial charge is 0.369 e. The molecule has 142 valence electrons. The summed E-state index contributed by atoms with van der Waals surface area (Å²) in [5.74, 6) is 0.136. The predicted molar refractivity (Wildman–Crippen MR) is 101 cm³/mol. The summed E-state index contributed by atoms with van der Waals surface area (Å²) in [4.78, 5) is 27.5. The van der Waals surface area contributed by atoms with Crippen molar-refractivity contribution in [2.45, 2.75) is 51.6 Å². The van der Waals surface area contributed by atoms with Gasteiger partial charge < -0.3 is 10.2 Å². The number of piperazine rings is 1. The summed E-state index contributed by atoms with van der Waals surface area (Å²) in [6.45, 7) is 7.02. The molecule has 0 radical (unpaired) electrons. The lowest BCUT2D eigenvalue weighted by molar-refractivity contribution is -0.385. The van der Waals surface area contributed by atoms with Crippen molar-refractivity contribution in [3.63, 3.8) is 0 Å². The Bertz CT molecular complexity index is 665. The summed E-state index contributed by atoms with van der Waals surface area (Å²) in [5, 5.41) is 14.1. The van der Waals surface area contributed by atoms with Gasteiger partial charge in [0, 0.05) is 49.5 Å². The van der Waals surface area contributed by atoms with E-state index in [-0.39, 0.29) is 22.6 Å². The molecule has 7 nitrogen and oxygen atoms in total. The zero-order valence-electron chi connectivity index (χ0n) is 15.6. The number of rotatable bonds is 5. The molecule has 1 atom stereocenters. The Kier molecular flexibility index (Phi) is 5.76. The van der Waals surface area contributed by atoms with Crippen LogP contribution in [0.25, 0.3) is 0 Å². The number of carbonyl (C=O) groups excluding carboxylic acids is 1. The molecule has 0 aromatic heterocycles. The minimum atomic E-state index is -0.346. The molecular formula is C19H28N4O3. The second-order valence-corrected chi connectivity index (χ2v) is 7.42. The second kappa shape index (κ2) is 8.03. The molecule has 1 aliphatic heterocycles. The Morgan fingerprint density at radius 2 is 1.88 bits per heavy atom. The van der Waals surface area contributed by atoms with Gasteiger partial charge in [-0.3, -0.25) is 19.8 Å². The topological polar surface area (TPSA) is 78.7 Å². The summed E-state index contributed by atoms with van der Waals surface area (Å²) in [7, 11) is 0. The van der Waals surface area contributed by atoms with Gasteiger partial charge in [0.1, 0.15) is 0 Å². The number of anilines is 1. The maximum absolute atomic E-state index is 12.5. The Labute approximate surface area is 154 Å². The van der Waals surface area contributed by atoms with Crippen LogP contribution in [0.5, 0.6) is 0 Å². The molecule has 1 unspecified atom stereocenters. The van der Waals surface area contributed by atoms with Crippen molar-refractivity contribution >= 4 is 17.3 Å². The number of hydrogen-bond donors (Lipinski definition) is 1. The molecule has 1 aromatic rings. The molecule has 1 saturated heterocycles. The van der Waals surface area contributed by atoms with Gasteiger partial charge in [0.05, 0.1) is 11.0 Å². The molecule has 2 aliphatic rings. The first-order valence-corrected chi connectivity index (χ1v) is 9.50. The monoisotopic (exact) mass is 360 g/mol. The molecule has 7 heteroatoms. The molecule has 1 aromatic carbocycles. The smallest absolute Gasteiger partial charge is 0.272 e. The van der Waals surface area contributed by atoms with Crippen molar-refractivity contribution in [2.75, 3.05) is 31.1 Å². The van der Waals surface area contributed by atoms with Gasteiger partial charge in [-0.25, -0.2) is 0 Å². The van der Waals surface area contributed by atoms with Crippen LogP contribution in [0, 0.1) is 17.0 Å². The highest BCUT2D eigenvalue weighted by atomic mass is 16.6. The molecule has 0 bridgehead atoms. The third-order valence-electron chi connectivity index (χ3n) is 5.69. The van der Waals surface area contributed by atoms with E-state index in [9.17, 15) is 14.9 Å². The Balaban J connectivity index is 1.54. The minimum Gasteiger partial charge on any atom is -0.369 e. The van der Waals surface area contributed by atoms with Gasteiger partial charge in [-0.1, -0.05) is 12.8 Å². The average Bonchev–Trinajstić information content (AvgIpc) is 3.13. The van der Waals surface area contributed by atoms with Gasteiger partial charge in [0.25, 0.3) is 5.69 Å². The van der Waals surface area contributed by atoms with Crippen LogP contribution in [0.3, 0.4) is 0 Å². The molecule has 3 rings (SSSR count). The molecule has 2 fully saturated rings. The van der Waals surface area contributed by atoms with Crippen LogP contribution in [0.2, 0.25) is 0 Å². The van der Waals surface area contributed by atoms with Gasteiger partial charge in [-0.2, -0.15) is 0 Å². The van der Waals surface area contributed by atoms with Crippen LogP contribution in [-0.4, -0.2) is 54.0 Å². The summed E-state index contributed by atoms with van der Waals surface area (Å²) in [6, 6.07) is 5.51. The summed E-state index contributed by atoms with van der Waals surface area (Å²) in [6.07, 6.45) is 4.64. The number of nitro benzene ring substituents is 1. The fraction of sp³-hybridized carbons (Fsp3) is 0.632. The SMILES string of the molecule is Cc1cc(N2CCN(C(C)C(=O)NC3CCCC3)CC2)ccc1[N+](=O)[O-]. The van der Waals surface area contributed by atoms with Gasteiger partial charge in [-0.15, -0.1) is 0 Å². The highest BCUT2D eigenvalue weighted by Crippen LogP contribution is 2.25. The zero-order valence-corrected chi connectivity index (χ0v) is 15.6. The van der Waals surface area contributed by atoms with E-state index in [1.54, 1.807) is 13.0 Å². The van der Waals surface area contributed by atoms with E-state index in [0.717, 1.165) is 44.7 Å². The van der Waals surface area contributed by atoms with E-state index >= 15 is 0 Å². The number of aryl methyl sites for hydroxylation is 1. The predicted octanol–water partition coefficient (Wildman–Crippen LogP) is 2.47. The van der Waals surface area contributed by atoms with Crippen LogP contribution in [0.1, 0.15) is 38.2 Å². The number of nitro groups is 1.